The number of likely N-dealkylation sites (N-methyl/N-ethyl adjacent to an activating group) is 1. The van der Waals surface area contributed by atoms with E-state index in [1.807, 2.05) is 11.9 Å². The van der Waals surface area contributed by atoms with Crippen molar-refractivity contribution in [2.75, 3.05) is 25.5 Å². The van der Waals surface area contributed by atoms with Gasteiger partial charge >= 0.3 is 0 Å². The van der Waals surface area contributed by atoms with Crippen LogP contribution in [0.15, 0.2) is 12.1 Å². The molecule has 4 nitrogen and oxygen atoms in total. The van der Waals surface area contributed by atoms with Crippen molar-refractivity contribution < 1.29 is 4.79 Å². The van der Waals surface area contributed by atoms with Crippen LogP contribution >= 0.6 is 34.8 Å². The zero-order valence-electron chi connectivity index (χ0n) is 11.7. The molecule has 1 saturated carbocycles. The highest BCUT2D eigenvalue weighted by molar-refractivity contribution is 6.42. The van der Waals surface area contributed by atoms with Crippen molar-refractivity contribution in [3.63, 3.8) is 0 Å². The molecule has 1 atom stereocenters. The normalized spacial score (nSPS) is 16.1. The standard InChI is InChI=1S/C14H18Cl3N3O/c1-20(12(6-18)8-2-3-8)7-13(21)19-14-10(16)4-9(15)5-11(14)17/h4-5,8,12H,2-3,6-7,18H2,1H3,(H,19,21). The lowest BCUT2D eigenvalue weighted by atomic mass is 10.1. The summed E-state index contributed by atoms with van der Waals surface area (Å²) in [7, 11) is 1.90. The number of nitrogens with two attached hydrogens (primary N) is 1. The molecule has 0 radical (unpaired) electrons. The van der Waals surface area contributed by atoms with E-state index in [2.05, 4.69) is 5.32 Å². The molecule has 7 heteroatoms. The Bertz CT molecular complexity index is 511. The monoisotopic (exact) mass is 349 g/mol. The first kappa shape index (κ1) is 16.8. The van der Waals surface area contributed by atoms with Gasteiger partial charge in [0.2, 0.25) is 5.91 Å². The predicted molar refractivity (Wildman–Crippen MR) is 88.3 cm³/mol. The number of hydrogen-bond acceptors (Lipinski definition) is 3. The van der Waals surface area contributed by atoms with Crippen molar-refractivity contribution in [3.05, 3.63) is 27.2 Å². The fourth-order valence-electron chi connectivity index (χ4n) is 2.40. The minimum atomic E-state index is -0.178. The lowest BCUT2D eigenvalue weighted by molar-refractivity contribution is -0.117. The molecule has 1 amide bonds. The van der Waals surface area contributed by atoms with Crippen molar-refractivity contribution in [1.29, 1.82) is 0 Å². The summed E-state index contributed by atoms with van der Waals surface area (Å²) in [6.07, 6.45) is 2.37. The van der Waals surface area contributed by atoms with E-state index in [0.29, 0.717) is 33.2 Å². The van der Waals surface area contributed by atoms with Gasteiger partial charge in [-0.05, 0) is 37.9 Å². The maximum Gasteiger partial charge on any atom is 0.238 e. The highest BCUT2D eigenvalue weighted by Gasteiger charge is 2.33. The second-order valence-electron chi connectivity index (χ2n) is 5.35. The van der Waals surface area contributed by atoms with E-state index in [1.165, 1.54) is 12.8 Å². The number of anilines is 1. The van der Waals surface area contributed by atoms with Crippen molar-refractivity contribution >= 4 is 46.4 Å². The quantitative estimate of drug-likeness (QED) is 0.828. The number of halogens is 3. The maximum atomic E-state index is 12.1. The molecule has 1 aliphatic rings. The predicted octanol–water partition coefficient (Wildman–Crippen LogP) is 3.25. The van der Waals surface area contributed by atoms with Gasteiger partial charge in [-0.3, -0.25) is 9.69 Å². The van der Waals surface area contributed by atoms with Crippen LogP contribution in [0.2, 0.25) is 15.1 Å². The van der Waals surface area contributed by atoms with Crippen LogP contribution in [0.4, 0.5) is 5.69 Å². The summed E-state index contributed by atoms with van der Waals surface area (Å²) in [6, 6.07) is 3.33. The van der Waals surface area contributed by atoms with E-state index in [4.69, 9.17) is 40.5 Å². The number of nitrogens with one attached hydrogen (secondary N) is 1. The topological polar surface area (TPSA) is 58.4 Å². The number of rotatable bonds is 6. The van der Waals surface area contributed by atoms with Gasteiger partial charge in [0, 0.05) is 17.6 Å². The minimum absolute atomic E-state index is 0.178. The third kappa shape index (κ3) is 4.47. The molecule has 2 rings (SSSR count). The Hall–Kier alpha value is -0.520. The smallest absolute Gasteiger partial charge is 0.238 e. The number of amides is 1. The van der Waals surface area contributed by atoms with E-state index in [0.717, 1.165) is 0 Å². The molecule has 1 aliphatic carbocycles. The first-order chi connectivity index (χ1) is 9.92. The summed E-state index contributed by atoms with van der Waals surface area (Å²) in [5.74, 6) is 0.429. The summed E-state index contributed by atoms with van der Waals surface area (Å²) < 4.78 is 0. The molecule has 0 aromatic heterocycles. The molecule has 21 heavy (non-hydrogen) atoms. The first-order valence-corrected chi connectivity index (χ1v) is 7.90. The van der Waals surface area contributed by atoms with Crippen molar-refractivity contribution in [1.82, 2.24) is 4.90 Å². The SMILES string of the molecule is CN(CC(=O)Nc1c(Cl)cc(Cl)cc1Cl)C(CN)C1CC1. The Kier molecular flexibility index (Phi) is 5.74. The molecule has 3 N–H and O–H groups in total. The number of hydrogen-bond donors (Lipinski definition) is 2. The summed E-state index contributed by atoms with van der Waals surface area (Å²) in [4.78, 5) is 14.1. The molecule has 0 aliphatic heterocycles. The number of carbonyl (C=O) groups excluding carboxylic acids is 1. The van der Waals surface area contributed by atoms with Crippen molar-refractivity contribution in [3.8, 4) is 0 Å². The molecule has 116 valence electrons. The van der Waals surface area contributed by atoms with E-state index >= 15 is 0 Å². The molecule has 1 aromatic carbocycles. The largest absolute Gasteiger partial charge is 0.329 e. The Morgan fingerprint density at radius 1 is 1.38 bits per heavy atom. The van der Waals surface area contributed by atoms with Gasteiger partial charge in [0.15, 0.2) is 0 Å². The van der Waals surface area contributed by atoms with Gasteiger partial charge in [-0.15, -0.1) is 0 Å². The summed E-state index contributed by atoms with van der Waals surface area (Å²) in [5.41, 5.74) is 6.16. The maximum absolute atomic E-state index is 12.1. The molecule has 1 unspecified atom stereocenters. The molecule has 0 heterocycles. The first-order valence-electron chi connectivity index (χ1n) is 6.77. The third-order valence-electron chi connectivity index (χ3n) is 3.64. The van der Waals surface area contributed by atoms with Crippen LogP contribution in [0.5, 0.6) is 0 Å². The van der Waals surface area contributed by atoms with Crippen LogP contribution in [-0.4, -0.2) is 37.0 Å². The minimum Gasteiger partial charge on any atom is -0.329 e. The van der Waals surface area contributed by atoms with E-state index in [1.54, 1.807) is 12.1 Å². The van der Waals surface area contributed by atoms with Crippen LogP contribution in [0.1, 0.15) is 12.8 Å². The van der Waals surface area contributed by atoms with Gasteiger partial charge in [-0.25, -0.2) is 0 Å². The number of benzene rings is 1. The van der Waals surface area contributed by atoms with Gasteiger partial charge in [0.05, 0.1) is 22.3 Å². The highest BCUT2D eigenvalue weighted by Crippen LogP contribution is 2.35. The molecule has 0 bridgehead atoms. The zero-order chi connectivity index (χ0) is 15.6. The van der Waals surface area contributed by atoms with E-state index in [9.17, 15) is 4.79 Å². The fourth-order valence-corrected chi connectivity index (χ4v) is 3.31. The summed E-state index contributed by atoms with van der Waals surface area (Å²) in [6.45, 7) is 0.796. The number of carbonyl (C=O) groups is 1. The van der Waals surface area contributed by atoms with Crippen LogP contribution in [0.25, 0.3) is 0 Å². The Balaban J connectivity index is 1.98. The van der Waals surface area contributed by atoms with Gasteiger partial charge in [0.1, 0.15) is 0 Å². The lowest BCUT2D eigenvalue weighted by Crippen LogP contribution is -2.43. The van der Waals surface area contributed by atoms with E-state index < -0.39 is 0 Å². The lowest BCUT2D eigenvalue weighted by Gasteiger charge is -2.26. The molecule has 1 aromatic rings. The fraction of sp³-hybridized carbons (Fsp3) is 0.500. The molecule has 0 saturated heterocycles. The van der Waals surface area contributed by atoms with Gasteiger partial charge in [0.25, 0.3) is 0 Å². The summed E-state index contributed by atoms with van der Waals surface area (Å²) in [5, 5.41) is 3.80. The zero-order valence-corrected chi connectivity index (χ0v) is 14.0. The molecular formula is C14H18Cl3N3O. The van der Waals surface area contributed by atoms with E-state index in [-0.39, 0.29) is 18.5 Å². The van der Waals surface area contributed by atoms with Gasteiger partial charge in [-0.2, -0.15) is 0 Å². The number of nitrogens with zero attached hydrogens (tertiary/aromatic N) is 1. The Morgan fingerprint density at radius 2 is 1.95 bits per heavy atom. The van der Waals surface area contributed by atoms with Crippen molar-refractivity contribution in [2.24, 2.45) is 11.7 Å². The van der Waals surface area contributed by atoms with Gasteiger partial charge < -0.3 is 11.1 Å². The third-order valence-corrected chi connectivity index (χ3v) is 4.45. The average molecular weight is 351 g/mol. The average Bonchev–Trinajstić information content (AvgIpc) is 3.19. The van der Waals surface area contributed by atoms with Crippen LogP contribution in [-0.2, 0) is 4.79 Å². The van der Waals surface area contributed by atoms with Gasteiger partial charge in [-0.1, -0.05) is 34.8 Å². The molecule has 1 fully saturated rings. The Labute approximate surface area is 139 Å². The molecule has 0 spiro atoms. The molecular weight excluding hydrogens is 333 g/mol. The van der Waals surface area contributed by atoms with Crippen LogP contribution in [0, 0.1) is 5.92 Å². The Morgan fingerprint density at radius 3 is 2.43 bits per heavy atom. The highest BCUT2D eigenvalue weighted by atomic mass is 35.5. The van der Waals surface area contributed by atoms with Crippen molar-refractivity contribution in [2.45, 2.75) is 18.9 Å². The second-order valence-corrected chi connectivity index (χ2v) is 6.60. The second kappa shape index (κ2) is 7.16. The van der Waals surface area contributed by atoms with Crippen LogP contribution < -0.4 is 11.1 Å². The summed E-state index contributed by atoms with van der Waals surface area (Å²) >= 11 is 17.9. The van der Waals surface area contributed by atoms with Crippen LogP contribution in [0.3, 0.4) is 0 Å².